The zero-order valence-corrected chi connectivity index (χ0v) is 23.4. The minimum Gasteiger partial charge on any atom is -0.356 e. The largest absolute Gasteiger partial charge is 0.417 e. The number of fused-ring (bicyclic) bond motifs is 1. The minimum atomic E-state index is -4.72. The first-order chi connectivity index (χ1) is 18.7. The van der Waals surface area contributed by atoms with Crippen LogP contribution in [0.1, 0.15) is 79.7 Å². The summed E-state index contributed by atoms with van der Waals surface area (Å²) >= 11 is 5.72. The molecule has 218 valence electrons. The smallest absolute Gasteiger partial charge is 0.356 e. The molecule has 4 rings (SSSR count). The number of rotatable bonds is 5. The number of benzene rings is 1. The number of halogens is 5. The van der Waals surface area contributed by atoms with E-state index in [9.17, 15) is 27.6 Å². The third-order valence-corrected chi connectivity index (χ3v) is 7.92. The van der Waals surface area contributed by atoms with Crippen LogP contribution in [-0.2, 0) is 23.9 Å². The van der Waals surface area contributed by atoms with Crippen LogP contribution in [-0.4, -0.2) is 51.1 Å². The van der Waals surface area contributed by atoms with Gasteiger partial charge in [-0.2, -0.15) is 13.2 Å². The molecule has 2 heterocycles. The number of alkyl halides is 4. The zero-order chi connectivity index (χ0) is 29.6. The average molecular weight is 586 g/mol. The molecule has 0 radical (unpaired) electrons. The van der Waals surface area contributed by atoms with Crippen molar-refractivity contribution in [2.45, 2.75) is 89.4 Å². The summed E-state index contributed by atoms with van der Waals surface area (Å²) in [6.07, 6.45) is -4.14. The molecule has 2 amide bonds. The van der Waals surface area contributed by atoms with Gasteiger partial charge in [-0.05, 0) is 71.1 Å². The molecule has 1 aromatic heterocycles. The molecule has 40 heavy (non-hydrogen) atoms. The quantitative estimate of drug-likeness (QED) is 0.487. The molecular weight excluding hydrogens is 554 g/mol. The number of carbonyl (C=O) groups excluding carboxylic acids is 2. The van der Waals surface area contributed by atoms with Crippen molar-refractivity contribution in [3.05, 3.63) is 56.0 Å². The van der Waals surface area contributed by atoms with Crippen LogP contribution < -0.4 is 16.2 Å². The molecule has 0 bridgehead atoms. The maximum atomic E-state index is 15.1. The molecule has 1 aliphatic heterocycles. The summed E-state index contributed by atoms with van der Waals surface area (Å²) in [7, 11) is 1.38. The topological polar surface area (TPSA) is 96.3 Å². The van der Waals surface area contributed by atoms with Crippen LogP contribution in [0.3, 0.4) is 0 Å². The fourth-order valence-electron chi connectivity index (χ4n) is 5.45. The Balaban J connectivity index is 1.68. The molecule has 1 saturated carbocycles. The van der Waals surface area contributed by atoms with Gasteiger partial charge in [0.1, 0.15) is 0 Å². The Morgan fingerprint density at radius 1 is 1.20 bits per heavy atom. The number of nitrogens with zero attached hydrogens (tertiary/aromatic N) is 3. The summed E-state index contributed by atoms with van der Waals surface area (Å²) in [6, 6.07) is 2.02. The Bertz CT molecular complexity index is 1370. The van der Waals surface area contributed by atoms with E-state index in [0.717, 1.165) is 12.1 Å². The second kappa shape index (κ2) is 11.0. The first-order valence-corrected chi connectivity index (χ1v) is 13.5. The van der Waals surface area contributed by atoms with Crippen molar-refractivity contribution >= 4 is 29.4 Å². The highest BCUT2D eigenvalue weighted by molar-refractivity contribution is 6.31. The van der Waals surface area contributed by atoms with E-state index in [2.05, 4.69) is 10.6 Å². The van der Waals surface area contributed by atoms with Gasteiger partial charge >= 0.3 is 6.18 Å². The number of hydrogen-bond donors (Lipinski definition) is 2. The normalized spacial score (nSPS) is 23.1. The molecule has 1 aliphatic carbocycles. The Kier molecular flexibility index (Phi) is 8.22. The molecule has 2 aromatic rings. The van der Waals surface area contributed by atoms with Crippen LogP contribution in [0.15, 0.2) is 23.0 Å². The van der Waals surface area contributed by atoms with E-state index in [1.165, 1.54) is 22.6 Å². The van der Waals surface area contributed by atoms with Crippen LogP contribution in [0.5, 0.6) is 0 Å². The maximum absolute atomic E-state index is 15.1. The molecule has 8 nitrogen and oxygen atoms in total. The zero-order valence-electron chi connectivity index (χ0n) is 22.7. The molecule has 2 N–H and O–H groups in total. The molecular formula is C27H32ClF4N5O3. The highest BCUT2D eigenvalue weighted by atomic mass is 35.5. The van der Waals surface area contributed by atoms with Crippen molar-refractivity contribution < 1.29 is 27.2 Å². The van der Waals surface area contributed by atoms with Crippen LogP contribution >= 0.6 is 11.6 Å². The summed E-state index contributed by atoms with van der Waals surface area (Å²) in [5.74, 6) is -1.04. The number of nitrogens with one attached hydrogen (secondary N) is 2. The first kappa shape index (κ1) is 29.8. The van der Waals surface area contributed by atoms with E-state index in [4.69, 9.17) is 16.6 Å². The lowest BCUT2D eigenvalue weighted by Crippen LogP contribution is -2.48. The van der Waals surface area contributed by atoms with Crippen molar-refractivity contribution in [2.24, 2.45) is 0 Å². The third kappa shape index (κ3) is 5.68. The van der Waals surface area contributed by atoms with Gasteiger partial charge in [-0.1, -0.05) is 11.6 Å². The third-order valence-electron chi connectivity index (χ3n) is 7.59. The van der Waals surface area contributed by atoms with Crippen LogP contribution in [0.4, 0.5) is 23.5 Å². The number of hydrogen-bond acceptors (Lipinski definition) is 5. The number of amides is 2. The Morgan fingerprint density at radius 2 is 1.85 bits per heavy atom. The van der Waals surface area contributed by atoms with Gasteiger partial charge in [-0.25, -0.2) is 9.37 Å². The van der Waals surface area contributed by atoms with Crippen LogP contribution in [0.25, 0.3) is 0 Å². The van der Waals surface area contributed by atoms with Gasteiger partial charge in [-0.15, -0.1) is 0 Å². The van der Waals surface area contributed by atoms with Gasteiger partial charge in [0.25, 0.3) is 17.4 Å². The van der Waals surface area contributed by atoms with E-state index in [0.29, 0.717) is 11.3 Å². The van der Waals surface area contributed by atoms with E-state index < -0.39 is 40.3 Å². The van der Waals surface area contributed by atoms with Gasteiger partial charge in [-0.3, -0.25) is 19.0 Å². The molecule has 1 atom stereocenters. The lowest BCUT2D eigenvalue weighted by atomic mass is 9.82. The summed E-state index contributed by atoms with van der Waals surface area (Å²) in [5, 5.41) is 5.03. The Morgan fingerprint density at radius 3 is 2.42 bits per heavy atom. The van der Waals surface area contributed by atoms with E-state index >= 15 is 4.39 Å². The van der Waals surface area contributed by atoms with E-state index in [-0.39, 0.29) is 67.8 Å². The number of carbonyl (C=O) groups is 2. The maximum Gasteiger partial charge on any atom is 0.417 e. The molecule has 13 heteroatoms. The highest BCUT2D eigenvalue weighted by Crippen LogP contribution is 2.39. The first-order valence-electron chi connectivity index (χ1n) is 13.2. The highest BCUT2D eigenvalue weighted by Gasteiger charge is 2.43. The van der Waals surface area contributed by atoms with Crippen molar-refractivity contribution in [3.8, 4) is 0 Å². The summed E-state index contributed by atoms with van der Waals surface area (Å²) in [4.78, 5) is 45.3. The summed E-state index contributed by atoms with van der Waals surface area (Å²) < 4.78 is 56.8. The van der Waals surface area contributed by atoms with Gasteiger partial charge in [0.15, 0.2) is 5.67 Å². The Hall–Kier alpha value is -3.15. The van der Waals surface area contributed by atoms with Crippen LogP contribution in [0, 0.1) is 0 Å². The standard InChI is InChI=1S/C27H32ClF4N5O3/c1-14(2)34-25-35-21-13-36(22(38)16-5-6-20(28)19(12-16)27(30,31)32)15(3)11-18(21)23(39)37(25)17-7-9-26(29,10-8-17)24(40)33-4/h5-6,12,14-15,17H,7-11,13H2,1-4H3,(H,33,40)(H,34,35)/t15-,17?,26?/m1/s1. The SMILES string of the molecule is CNC(=O)C1(F)CCC(n2c(NC(C)C)nc3c(c2=O)C[C@@H](C)N(C(=O)c2ccc(Cl)c(C(F)(F)F)c2)C3)CC1. The second-order valence-electron chi connectivity index (χ2n) is 10.8. The fourth-order valence-corrected chi connectivity index (χ4v) is 5.68. The lowest BCUT2D eigenvalue weighted by molar-refractivity contribution is -0.137. The molecule has 0 spiro atoms. The van der Waals surface area contributed by atoms with Gasteiger partial charge in [0, 0.05) is 36.3 Å². The van der Waals surface area contributed by atoms with Crippen LogP contribution in [0.2, 0.25) is 5.02 Å². The average Bonchev–Trinajstić information content (AvgIpc) is 2.88. The molecule has 0 saturated heterocycles. The predicted octanol–water partition coefficient (Wildman–Crippen LogP) is 4.89. The van der Waals surface area contributed by atoms with Crippen molar-refractivity contribution in [1.29, 1.82) is 0 Å². The second-order valence-corrected chi connectivity index (χ2v) is 11.2. The van der Waals surface area contributed by atoms with E-state index in [1.807, 2.05) is 13.8 Å². The Labute approximate surface area is 234 Å². The molecule has 2 aliphatic rings. The fraction of sp³-hybridized carbons (Fsp3) is 0.556. The van der Waals surface area contributed by atoms with Crippen molar-refractivity contribution in [2.75, 3.05) is 12.4 Å². The minimum absolute atomic E-state index is 0.0400. The summed E-state index contributed by atoms with van der Waals surface area (Å²) in [5.41, 5.74) is -2.83. The van der Waals surface area contributed by atoms with E-state index in [1.54, 1.807) is 6.92 Å². The van der Waals surface area contributed by atoms with Gasteiger partial charge in [0.2, 0.25) is 5.95 Å². The molecule has 1 fully saturated rings. The number of aromatic nitrogens is 2. The predicted molar refractivity (Wildman–Crippen MR) is 142 cm³/mol. The van der Waals surface area contributed by atoms with Gasteiger partial charge in [0.05, 0.1) is 22.8 Å². The lowest BCUT2D eigenvalue weighted by Gasteiger charge is -2.37. The molecule has 1 aromatic carbocycles. The molecule has 0 unspecified atom stereocenters. The monoisotopic (exact) mass is 585 g/mol. The van der Waals surface area contributed by atoms with Crippen molar-refractivity contribution in [3.63, 3.8) is 0 Å². The summed E-state index contributed by atoms with van der Waals surface area (Å²) in [6.45, 7) is 5.38. The van der Waals surface area contributed by atoms with Gasteiger partial charge < -0.3 is 15.5 Å². The number of anilines is 1. The van der Waals surface area contributed by atoms with Crippen molar-refractivity contribution in [1.82, 2.24) is 19.8 Å².